The quantitative estimate of drug-likeness (QED) is 0.0349. The molecule has 0 aromatic heterocycles. The Morgan fingerprint density at radius 1 is 0.276 bits per heavy atom. The molecular formula is C54H104O4. The van der Waals surface area contributed by atoms with Crippen molar-refractivity contribution in [3.8, 4) is 0 Å². The fraction of sp³-hybridized carbons (Fsp3) is 0.944. The Balaban J connectivity index is 3.76. The number of carbonyl (C=O) groups excluding carboxylic acids is 3. The first-order valence-corrected chi connectivity index (χ1v) is 26.8. The molecule has 4 heteroatoms. The molecule has 0 amide bonds. The highest BCUT2D eigenvalue weighted by molar-refractivity contribution is 5.85. The minimum atomic E-state index is -0.343. The maximum absolute atomic E-state index is 13.2. The molecule has 0 aliphatic carbocycles. The minimum absolute atomic E-state index is 0.291. The van der Waals surface area contributed by atoms with Gasteiger partial charge in [0.15, 0.2) is 0 Å². The van der Waals surface area contributed by atoms with Crippen molar-refractivity contribution in [3.63, 3.8) is 0 Å². The third kappa shape index (κ3) is 44.4. The second kappa shape index (κ2) is 48.5. The third-order valence-electron chi connectivity index (χ3n) is 12.8. The Kier molecular flexibility index (Phi) is 47.5. The number of esters is 2. The van der Waals surface area contributed by atoms with Gasteiger partial charge in [0.05, 0.1) is 0 Å². The van der Waals surface area contributed by atoms with E-state index in [0.29, 0.717) is 24.5 Å². The van der Waals surface area contributed by atoms with Crippen LogP contribution in [0.25, 0.3) is 0 Å². The first kappa shape index (κ1) is 56.8. The standard InChI is InChI=1S/C54H104O4/c1-4-7-10-13-15-17-19-21-23-25-27-29-34-38-43-48-52(55)51(46-41-12-9-6-3)47-42-37-33-31-32-36-40-45-50-54(57)58-53(56)49-44-39-35-30-28-26-24-22-20-18-16-14-11-8-5-2/h51H,4-50H2,1-3H3. The molecule has 0 aromatic rings. The Bertz CT molecular complexity index is 852. The van der Waals surface area contributed by atoms with Crippen LogP contribution in [0.15, 0.2) is 0 Å². The lowest BCUT2D eigenvalue weighted by Crippen LogP contribution is -2.14. The molecule has 0 heterocycles. The topological polar surface area (TPSA) is 60.4 Å². The van der Waals surface area contributed by atoms with E-state index >= 15 is 0 Å². The predicted octanol–water partition coefficient (Wildman–Crippen LogP) is 18.6. The summed E-state index contributed by atoms with van der Waals surface area (Å²) in [7, 11) is 0. The van der Waals surface area contributed by atoms with Crippen LogP contribution < -0.4 is 0 Å². The summed E-state index contributed by atoms with van der Waals surface area (Å²) in [6, 6.07) is 0. The lowest BCUT2D eigenvalue weighted by atomic mass is 9.88. The highest BCUT2D eigenvalue weighted by Gasteiger charge is 2.17. The van der Waals surface area contributed by atoms with Gasteiger partial charge in [-0.15, -0.1) is 0 Å². The number of ketones is 1. The first-order chi connectivity index (χ1) is 28.5. The average Bonchev–Trinajstić information content (AvgIpc) is 3.22. The molecule has 0 fully saturated rings. The Morgan fingerprint density at radius 3 is 0.759 bits per heavy atom. The first-order valence-electron chi connectivity index (χ1n) is 26.8. The normalized spacial score (nSPS) is 12.0. The van der Waals surface area contributed by atoms with Crippen LogP contribution in [0.2, 0.25) is 0 Å². The molecule has 0 aliphatic heterocycles. The number of rotatable bonds is 49. The summed E-state index contributed by atoms with van der Waals surface area (Å²) in [5.74, 6) is 0.162. The van der Waals surface area contributed by atoms with E-state index < -0.39 is 0 Å². The fourth-order valence-electron chi connectivity index (χ4n) is 8.75. The van der Waals surface area contributed by atoms with Gasteiger partial charge >= 0.3 is 11.9 Å². The highest BCUT2D eigenvalue weighted by Crippen LogP contribution is 2.23. The van der Waals surface area contributed by atoms with Crippen LogP contribution in [-0.4, -0.2) is 17.7 Å². The zero-order chi connectivity index (χ0) is 42.3. The summed E-state index contributed by atoms with van der Waals surface area (Å²) in [5.41, 5.74) is 0. The van der Waals surface area contributed by atoms with Crippen molar-refractivity contribution in [3.05, 3.63) is 0 Å². The van der Waals surface area contributed by atoms with Gasteiger partial charge in [-0.2, -0.15) is 0 Å². The summed E-state index contributed by atoms with van der Waals surface area (Å²) in [6.45, 7) is 6.83. The van der Waals surface area contributed by atoms with Gasteiger partial charge in [-0.1, -0.05) is 271 Å². The number of hydrogen-bond donors (Lipinski definition) is 0. The van der Waals surface area contributed by atoms with Crippen molar-refractivity contribution in [2.24, 2.45) is 5.92 Å². The van der Waals surface area contributed by atoms with E-state index in [2.05, 4.69) is 20.8 Å². The summed E-state index contributed by atoms with van der Waals surface area (Å²) in [5, 5.41) is 0. The third-order valence-corrected chi connectivity index (χ3v) is 12.8. The molecule has 344 valence electrons. The summed E-state index contributed by atoms with van der Waals surface area (Å²) in [6.07, 6.45) is 57.8. The van der Waals surface area contributed by atoms with Gasteiger partial charge in [0.2, 0.25) is 0 Å². The molecule has 0 spiro atoms. The molecular weight excluding hydrogens is 713 g/mol. The molecule has 0 aliphatic rings. The number of hydrogen-bond acceptors (Lipinski definition) is 4. The molecule has 4 nitrogen and oxygen atoms in total. The molecule has 0 saturated heterocycles. The van der Waals surface area contributed by atoms with E-state index in [1.54, 1.807) is 0 Å². The maximum Gasteiger partial charge on any atom is 0.313 e. The van der Waals surface area contributed by atoms with Crippen LogP contribution in [0.4, 0.5) is 0 Å². The Morgan fingerprint density at radius 2 is 0.483 bits per heavy atom. The van der Waals surface area contributed by atoms with Crippen LogP contribution >= 0.6 is 0 Å². The largest absolute Gasteiger partial charge is 0.393 e. The van der Waals surface area contributed by atoms with E-state index in [4.69, 9.17) is 4.74 Å². The van der Waals surface area contributed by atoms with Crippen molar-refractivity contribution in [2.75, 3.05) is 0 Å². The van der Waals surface area contributed by atoms with E-state index in [1.165, 1.54) is 231 Å². The van der Waals surface area contributed by atoms with Gasteiger partial charge < -0.3 is 4.74 Å². The van der Waals surface area contributed by atoms with Crippen LogP contribution in [0.5, 0.6) is 0 Å². The van der Waals surface area contributed by atoms with E-state index in [-0.39, 0.29) is 11.9 Å². The Hall–Kier alpha value is -1.19. The second-order valence-corrected chi connectivity index (χ2v) is 18.6. The monoisotopic (exact) mass is 817 g/mol. The van der Waals surface area contributed by atoms with Crippen molar-refractivity contribution in [2.45, 2.75) is 323 Å². The molecule has 0 radical (unpaired) electrons. The van der Waals surface area contributed by atoms with E-state index in [1.807, 2.05) is 0 Å². The maximum atomic E-state index is 13.2. The molecule has 1 atom stereocenters. The van der Waals surface area contributed by atoms with Crippen LogP contribution in [0.1, 0.15) is 323 Å². The summed E-state index contributed by atoms with van der Waals surface area (Å²) in [4.78, 5) is 37.4. The van der Waals surface area contributed by atoms with Crippen molar-refractivity contribution in [1.29, 1.82) is 0 Å². The molecule has 0 bridgehead atoms. The zero-order valence-electron chi connectivity index (χ0n) is 39.9. The van der Waals surface area contributed by atoms with Crippen molar-refractivity contribution in [1.82, 2.24) is 0 Å². The van der Waals surface area contributed by atoms with Crippen LogP contribution in [-0.2, 0) is 19.1 Å². The minimum Gasteiger partial charge on any atom is -0.393 e. The van der Waals surface area contributed by atoms with E-state index in [9.17, 15) is 14.4 Å². The van der Waals surface area contributed by atoms with Gasteiger partial charge in [0.25, 0.3) is 0 Å². The highest BCUT2D eigenvalue weighted by atomic mass is 16.6. The van der Waals surface area contributed by atoms with Crippen LogP contribution in [0.3, 0.4) is 0 Å². The molecule has 0 N–H and O–H groups in total. The smallest absolute Gasteiger partial charge is 0.313 e. The van der Waals surface area contributed by atoms with E-state index in [0.717, 1.165) is 57.8 Å². The number of Topliss-reactive ketones (excluding diaryl/α,β-unsaturated/α-hetero) is 1. The van der Waals surface area contributed by atoms with Crippen molar-refractivity contribution >= 4 is 17.7 Å². The lowest BCUT2D eigenvalue weighted by molar-refractivity contribution is -0.159. The van der Waals surface area contributed by atoms with Gasteiger partial charge in [0, 0.05) is 25.2 Å². The predicted molar refractivity (Wildman–Crippen MR) is 254 cm³/mol. The summed E-state index contributed by atoms with van der Waals surface area (Å²) < 4.78 is 5.08. The van der Waals surface area contributed by atoms with Gasteiger partial charge in [-0.25, -0.2) is 0 Å². The molecule has 0 aromatic carbocycles. The summed E-state index contributed by atoms with van der Waals surface area (Å²) >= 11 is 0. The SMILES string of the molecule is CCCCCCCCCCCCCCCCCC(=O)OC(=O)CCCCCCCCCCC(CCCCCC)C(=O)CCCCCCCCCCCCCCCCC. The average molecular weight is 817 g/mol. The molecule has 0 rings (SSSR count). The van der Waals surface area contributed by atoms with Gasteiger partial charge in [-0.3, -0.25) is 14.4 Å². The van der Waals surface area contributed by atoms with Crippen LogP contribution in [0, 0.1) is 5.92 Å². The number of ether oxygens (including phenoxy) is 1. The zero-order valence-corrected chi connectivity index (χ0v) is 39.9. The molecule has 1 unspecified atom stereocenters. The number of carbonyl (C=O) groups is 3. The van der Waals surface area contributed by atoms with Gasteiger partial charge in [-0.05, 0) is 32.1 Å². The second-order valence-electron chi connectivity index (χ2n) is 18.6. The van der Waals surface area contributed by atoms with Crippen molar-refractivity contribution < 1.29 is 19.1 Å². The fourth-order valence-corrected chi connectivity index (χ4v) is 8.75. The lowest BCUT2D eigenvalue weighted by Gasteiger charge is -2.16. The number of unbranched alkanes of at least 4 members (excludes halogenated alkanes) is 38. The molecule has 58 heavy (non-hydrogen) atoms. The Labute approximate surface area is 364 Å². The van der Waals surface area contributed by atoms with Gasteiger partial charge in [0.1, 0.15) is 5.78 Å². The molecule has 0 saturated carbocycles.